The van der Waals surface area contributed by atoms with Crippen molar-refractivity contribution in [3.63, 3.8) is 0 Å². The van der Waals surface area contributed by atoms with Gasteiger partial charge in [0.25, 0.3) is 0 Å². The van der Waals surface area contributed by atoms with E-state index in [0.29, 0.717) is 5.75 Å². The van der Waals surface area contributed by atoms with Crippen LogP contribution in [-0.2, 0) is 0 Å². The van der Waals surface area contributed by atoms with Gasteiger partial charge in [-0.25, -0.2) is 0 Å². The zero-order chi connectivity index (χ0) is 9.26. The maximum atomic E-state index is 9.26. The molecular formula is C11H15NO. The number of benzene rings is 1. The molecule has 70 valence electrons. The Morgan fingerprint density at radius 2 is 1.92 bits per heavy atom. The average Bonchev–Trinajstić information content (AvgIpc) is 2.56. The minimum Gasteiger partial charge on any atom is -0.508 e. The van der Waals surface area contributed by atoms with Gasteiger partial charge in [0.15, 0.2) is 0 Å². The molecule has 0 amide bonds. The summed E-state index contributed by atoms with van der Waals surface area (Å²) in [6.07, 6.45) is 2.58. The molecule has 0 unspecified atom stereocenters. The van der Waals surface area contributed by atoms with Crippen LogP contribution in [0.2, 0.25) is 0 Å². The van der Waals surface area contributed by atoms with Crippen LogP contribution in [0.1, 0.15) is 18.4 Å². The largest absolute Gasteiger partial charge is 0.508 e. The Labute approximate surface area is 78.8 Å². The molecule has 13 heavy (non-hydrogen) atoms. The van der Waals surface area contributed by atoms with Gasteiger partial charge < -0.3 is 10.0 Å². The number of rotatable bonds is 1. The molecule has 2 nitrogen and oxygen atoms in total. The third-order valence-corrected chi connectivity index (χ3v) is 2.63. The summed E-state index contributed by atoms with van der Waals surface area (Å²) in [6.45, 7) is 4.37. The highest BCUT2D eigenvalue weighted by Gasteiger charge is 2.13. The van der Waals surface area contributed by atoms with Crippen LogP contribution in [0.4, 0.5) is 5.69 Å². The van der Waals surface area contributed by atoms with Gasteiger partial charge in [-0.1, -0.05) is 0 Å². The lowest BCUT2D eigenvalue weighted by atomic mass is 10.2. The van der Waals surface area contributed by atoms with E-state index >= 15 is 0 Å². The van der Waals surface area contributed by atoms with Crippen molar-refractivity contribution in [2.24, 2.45) is 0 Å². The van der Waals surface area contributed by atoms with E-state index in [1.54, 1.807) is 6.07 Å². The number of hydrogen-bond acceptors (Lipinski definition) is 2. The first-order chi connectivity index (χ1) is 6.27. The van der Waals surface area contributed by atoms with E-state index in [0.717, 1.165) is 13.1 Å². The van der Waals surface area contributed by atoms with Crippen LogP contribution in [-0.4, -0.2) is 18.2 Å². The van der Waals surface area contributed by atoms with Crippen LogP contribution < -0.4 is 4.90 Å². The van der Waals surface area contributed by atoms with Crippen LogP contribution in [0, 0.1) is 6.92 Å². The van der Waals surface area contributed by atoms with Crippen molar-refractivity contribution in [2.75, 3.05) is 18.0 Å². The second kappa shape index (κ2) is 3.29. The smallest absolute Gasteiger partial charge is 0.115 e. The number of phenolic OH excluding ortho intramolecular Hbond substituents is 1. The zero-order valence-electron chi connectivity index (χ0n) is 7.95. The van der Waals surface area contributed by atoms with Gasteiger partial charge in [-0.15, -0.1) is 0 Å². The van der Waals surface area contributed by atoms with E-state index in [9.17, 15) is 5.11 Å². The maximum Gasteiger partial charge on any atom is 0.115 e. The number of phenols is 1. The normalized spacial score (nSPS) is 16.5. The van der Waals surface area contributed by atoms with Crippen LogP contribution in [0.3, 0.4) is 0 Å². The van der Waals surface area contributed by atoms with Crippen molar-refractivity contribution in [2.45, 2.75) is 19.8 Å². The zero-order valence-corrected chi connectivity index (χ0v) is 7.95. The van der Waals surface area contributed by atoms with E-state index < -0.39 is 0 Å². The maximum absolute atomic E-state index is 9.26. The predicted molar refractivity (Wildman–Crippen MR) is 54.3 cm³/mol. The quantitative estimate of drug-likeness (QED) is 0.711. The Kier molecular flexibility index (Phi) is 2.13. The third-order valence-electron chi connectivity index (χ3n) is 2.63. The average molecular weight is 177 g/mol. The fraction of sp³-hybridized carbons (Fsp3) is 0.455. The molecule has 0 spiro atoms. The molecule has 2 heteroatoms. The predicted octanol–water partition coefficient (Wildman–Crippen LogP) is 2.30. The van der Waals surface area contributed by atoms with Crippen LogP contribution in [0.15, 0.2) is 18.2 Å². The number of anilines is 1. The summed E-state index contributed by atoms with van der Waals surface area (Å²) in [7, 11) is 0. The molecule has 0 radical (unpaired) electrons. The van der Waals surface area contributed by atoms with Gasteiger partial charge in [0.2, 0.25) is 0 Å². The Morgan fingerprint density at radius 3 is 2.54 bits per heavy atom. The van der Waals surface area contributed by atoms with Crippen LogP contribution >= 0.6 is 0 Å². The second-order valence-corrected chi connectivity index (χ2v) is 3.66. The minimum absolute atomic E-state index is 0.362. The molecule has 1 fully saturated rings. The summed E-state index contributed by atoms with van der Waals surface area (Å²) in [6, 6.07) is 5.60. The SMILES string of the molecule is Cc1cc(O)ccc1N1CCCC1. The minimum atomic E-state index is 0.362. The van der Waals surface area contributed by atoms with E-state index in [-0.39, 0.29) is 0 Å². The molecule has 1 aliphatic heterocycles. The van der Waals surface area contributed by atoms with Gasteiger partial charge in [0.1, 0.15) is 5.75 Å². The van der Waals surface area contributed by atoms with Gasteiger partial charge in [-0.3, -0.25) is 0 Å². The third kappa shape index (κ3) is 1.62. The molecule has 0 aromatic heterocycles. The first kappa shape index (κ1) is 8.42. The van der Waals surface area contributed by atoms with Gasteiger partial charge in [0.05, 0.1) is 0 Å². The van der Waals surface area contributed by atoms with E-state index in [1.807, 2.05) is 19.1 Å². The molecule has 1 heterocycles. The molecule has 0 aliphatic carbocycles. The molecule has 1 aromatic carbocycles. The molecule has 1 N–H and O–H groups in total. The standard InChI is InChI=1S/C11H15NO/c1-9-8-10(13)4-5-11(9)12-6-2-3-7-12/h4-5,8,13H,2-3,6-7H2,1H3. The lowest BCUT2D eigenvalue weighted by molar-refractivity contribution is 0.475. The molecular weight excluding hydrogens is 162 g/mol. The highest BCUT2D eigenvalue weighted by Crippen LogP contribution is 2.26. The molecule has 1 aromatic rings. The van der Waals surface area contributed by atoms with Gasteiger partial charge in [-0.2, -0.15) is 0 Å². The van der Waals surface area contributed by atoms with E-state index in [2.05, 4.69) is 4.90 Å². The molecule has 1 aliphatic rings. The Bertz CT molecular complexity index is 303. The molecule has 1 saturated heterocycles. The highest BCUT2D eigenvalue weighted by molar-refractivity contribution is 5.55. The van der Waals surface area contributed by atoms with Crippen molar-refractivity contribution in [1.29, 1.82) is 0 Å². The van der Waals surface area contributed by atoms with Crippen molar-refractivity contribution < 1.29 is 5.11 Å². The molecule has 0 saturated carbocycles. The monoisotopic (exact) mass is 177 g/mol. The summed E-state index contributed by atoms with van der Waals surface area (Å²) in [4.78, 5) is 2.38. The number of aromatic hydroxyl groups is 1. The Balaban J connectivity index is 2.29. The highest BCUT2D eigenvalue weighted by atomic mass is 16.3. The van der Waals surface area contributed by atoms with Gasteiger partial charge in [0, 0.05) is 18.8 Å². The number of aryl methyl sites for hydroxylation is 1. The van der Waals surface area contributed by atoms with Crippen molar-refractivity contribution in [3.05, 3.63) is 23.8 Å². The summed E-state index contributed by atoms with van der Waals surface area (Å²) < 4.78 is 0. The first-order valence-electron chi connectivity index (χ1n) is 4.82. The first-order valence-corrected chi connectivity index (χ1v) is 4.82. The Hall–Kier alpha value is -1.18. The lowest BCUT2D eigenvalue weighted by Gasteiger charge is -2.19. The molecule has 0 bridgehead atoms. The summed E-state index contributed by atoms with van der Waals surface area (Å²) >= 11 is 0. The lowest BCUT2D eigenvalue weighted by Crippen LogP contribution is -2.18. The fourth-order valence-electron chi connectivity index (χ4n) is 1.95. The van der Waals surface area contributed by atoms with Gasteiger partial charge in [-0.05, 0) is 43.5 Å². The summed E-state index contributed by atoms with van der Waals surface area (Å²) in [5, 5.41) is 9.26. The number of nitrogens with zero attached hydrogens (tertiary/aromatic N) is 1. The summed E-state index contributed by atoms with van der Waals surface area (Å²) in [5.74, 6) is 0.362. The molecule has 2 rings (SSSR count). The van der Waals surface area contributed by atoms with Crippen molar-refractivity contribution >= 4 is 5.69 Å². The van der Waals surface area contributed by atoms with Crippen molar-refractivity contribution in [3.8, 4) is 5.75 Å². The number of hydrogen-bond donors (Lipinski definition) is 1. The fourth-order valence-corrected chi connectivity index (χ4v) is 1.95. The van der Waals surface area contributed by atoms with E-state index in [4.69, 9.17) is 0 Å². The van der Waals surface area contributed by atoms with Crippen molar-refractivity contribution in [1.82, 2.24) is 0 Å². The molecule has 0 atom stereocenters. The van der Waals surface area contributed by atoms with E-state index in [1.165, 1.54) is 24.1 Å². The topological polar surface area (TPSA) is 23.5 Å². The van der Waals surface area contributed by atoms with Crippen LogP contribution in [0.5, 0.6) is 5.75 Å². The summed E-state index contributed by atoms with van der Waals surface area (Å²) in [5.41, 5.74) is 2.44. The van der Waals surface area contributed by atoms with Gasteiger partial charge >= 0.3 is 0 Å². The van der Waals surface area contributed by atoms with Crippen LogP contribution in [0.25, 0.3) is 0 Å². The second-order valence-electron chi connectivity index (χ2n) is 3.66. The Morgan fingerprint density at radius 1 is 1.23 bits per heavy atom.